The van der Waals surface area contributed by atoms with Gasteiger partial charge in [0, 0.05) is 35.7 Å². The molecule has 1 N–H and O–H groups in total. The smallest absolute Gasteiger partial charge is 0.257 e. The predicted octanol–water partition coefficient (Wildman–Crippen LogP) is 4.51. The molecule has 2 aromatic carbocycles. The summed E-state index contributed by atoms with van der Waals surface area (Å²) in [4.78, 5) is 17.6. The maximum absolute atomic E-state index is 12.9. The highest BCUT2D eigenvalue weighted by molar-refractivity contribution is 9.10. The number of nitrogens with zero attached hydrogens (tertiary/aromatic N) is 2. The molecule has 7 heteroatoms. The Morgan fingerprint density at radius 3 is 2.59 bits per heavy atom. The van der Waals surface area contributed by atoms with Crippen LogP contribution in [0.15, 0.2) is 40.9 Å². The van der Waals surface area contributed by atoms with E-state index < -0.39 is 0 Å². The number of nitrogens with one attached hydrogen (secondary N) is 1. The van der Waals surface area contributed by atoms with Gasteiger partial charge in [-0.05, 0) is 58.9 Å². The van der Waals surface area contributed by atoms with Gasteiger partial charge in [0.2, 0.25) is 0 Å². The van der Waals surface area contributed by atoms with Crippen LogP contribution in [-0.2, 0) is 0 Å². The third-order valence-corrected chi connectivity index (χ3v) is 5.71. The van der Waals surface area contributed by atoms with E-state index in [2.05, 4.69) is 38.0 Å². The first-order valence-electron chi connectivity index (χ1n) is 8.93. The Bertz CT molecular complexity index is 823. The number of carbonyl (C=O) groups is 1. The molecule has 144 valence electrons. The second-order valence-electron chi connectivity index (χ2n) is 6.38. The van der Waals surface area contributed by atoms with Gasteiger partial charge in [0.15, 0.2) is 0 Å². The monoisotopic (exact) mass is 451 g/mol. The lowest BCUT2D eigenvalue weighted by atomic mass is 10.1. The summed E-state index contributed by atoms with van der Waals surface area (Å²) in [7, 11) is 1.58. The fraction of sp³-hybridized carbons (Fsp3) is 0.350. The van der Waals surface area contributed by atoms with Crippen LogP contribution < -0.4 is 15.0 Å². The zero-order chi connectivity index (χ0) is 19.4. The van der Waals surface area contributed by atoms with Crippen molar-refractivity contribution in [3.63, 3.8) is 0 Å². The molecule has 1 fully saturated rings. The minimum absolute atomic E-state index is 0.212. The number of rotatable bonds is 5. The van der Waals surface area contributed by atoms with E-state index in [0.717, 1.165) is 38.4 Å². The van der Waals surface area contributed by atoms with Gasteiger partial charge in [-0.2, -0.15) is 0 Å². The Balaban J connectivity index is 1.84. The standard InChI is InChI=1S/C20H23BrClN3O2/c1-3-24-8-10-25(11-9-24)19-7-4-14(22)12-18(19)23-20(26)16-13-15(27-2)5-6-17(16)21/h4-7,12-13H,3,8-11H2,1-2H3,(H,23,26). The number of halogens is 2. The normalized spacial score (nSPS) is 14.9. The van der Waals surface area contributed by atoms with Gasteiger partial charge in [0.05, 0.1) is 24.0 Å². The Labute approximate surface area is 173 Å². The molecule has 5 nitrogen and oxygen atoms in total. The average molecular weight is 453 g/mol. The van der Waals surface area contributed by atoms with Crippen LogP contribution in [0, 0.1) is 0 Å². The molecule has 1 amide bonds. The SMILES string of the molecule is CCN1CCN(c2ccc(Cl)cc2NC(=O)c2cc(OC)ccc2Br)CC1. The van der Waals surface area contributed by atoms with Gasteiger partial charge in [0.1, 0.15) is 5.75 Å². The van der Waals surface area contributed by atoms with Crippen molar-refractivity contribution >= 4 is 44.8 Å². The highest BCUT2D eigenvalue weighted by atomic mass is 79.9. The molecule has 0 unspecified atom stereocenters. The number of hydrogen-bond acceptors (Lipinski definition) is 4. The number of likely N-dealkylation sites (N-methyl/N-ethyl adjacent to an activating group) is 1. The number of amides is 1. The Morgan fingerprint density at radius 2 is 1.93 bits per heavy atom. The molecular weight excluding hydrogens is 430 g/mol. The third kappa shape index (κ3) is 4.75. The van der Waals surface area contributed by atoms with Crippen molar-refractivity contribution in [3.8, 4) is 5.75 Å². The maximum atomic E-state index is 12.9. The summed E-state index contributed by atoms with van der Waals surface area (Å²) >= 11 is 9.64. The molecule has 0 bridgehead atoms. The molecule has 3 rings (SSSR count). The summed E-state index contributed by atoms with van der Waals surface area (Å²) in [5, 5.41) is 3.61. The number of methoxy groups -OCH3 is 1. The minimum atomic E-state index is -0.212. The van der Waals surface area contributed by atoms with E-state index in [0.29, 0.717) is 26.5 Å². The molecule has 0 spiro atoms. The van der Waals surface area contributed by atoms with Gasteiger partial charge in [-0.1, -0.05) is 18.5 Å². The molecule has 1 aliphatic heterocycles. The highest BCUT2D eigenvalue weighted by Crippen LogP contribution is 2.31. The van der Waals surface area contributed by atoms with Crippen molar-refractivity contribution in [2.75, 3.05) is 50.1 Å². The number of carbonyl (C=O) groups excluding carboxylic acids is 1. The molecule has 0 aliphatic carbocycles. The van der Waals surface area contributed by atoms with Crippen LogP contribution >= 0.6 is 27.5 Å². The summed E-state index contributed by atoms with van der Waals surface area (Å²) in [6.07, 6.45) is 0. The van der Waals surface area contributed by atoms with E-state index in [-0.39, 0.29) is 5.91 Å². The van der Waals surface area contributed by atoms with Gasteiger partial charge >= 0.3 is 0 Å². The minimum Gasteiger partial charge on any atom is -0.497 e. The lowest BCUT2D eigenvalue weighted by Crippen LogP contribution is -2.46. The number of benzene rings is 2. The Hall–Kier alpha value is -1.76. The van der Waals surface area contributed by atoms with E-state index in [1.807, 2.05) is 12.1 Å². The van der Waals surface area contributed by atoms with Crippen molar-refractivity contribution in [1.82, 2.24) is 4.90 Å². The van der Waals surface area contributed by atoms with Gasteiger partial charge in [-0.3, -0.25) is 4.79 Å². The lowest BCUT2D eigenvalue weighted by molar-refractivity contribution is 0.102. The first-order valence-corrected chi connectivity index (χ1v) is 10.1. The quantitative estimate of drug-likeness (QED) is 0.725. The summed E-state index contributed by atoms with van der Waals surface area (Å²) in [5.41, 5.74) is 2.21. The van der Waals surface area contributed by atoms with Crippen molar-refractivity contribution in [2.24, 2.45) is 0 Å². The van der Waals surface area contributed by atoms with Gasteiger partial charge in [-0.15, -0.1) is 0 Å². The topological polar surface area (TPSA) is 44.8 Å². The van der Waals surface area contributed by atoms with Crippen molar-refractivity contribution in [1.29, 1.82) is 0 Å². The molecule has 0 saturated carbocycles. The fourth-order valence-corrected chi connectivity index (χ4v) is 3.78. The van der Waals surface area contributed by atoms with Crippen LogP contribution in [0.3, 0.4) is 0 Å². The van der Waals surface area contributed by atoms with Gasteiger partial charge in [-0.25, -0.2) is 0 Å². The molecule has 1 saturated heterocycles. The molecule has 0 aromatic heterocycles. The Kier molecular flexibility index (Phi) is 6.63. The van der Waals surface area contributed by atoms with Gasteiger partial charge < -0.3 is 19.9 Å². The second-order valence-corrected chi connectivity index (χ2v) is 7.67. The van der Waals surface area contributed by atoms with E-state index in [9.17, 15) is 4.79 Å². The lowest BCUT2D eigenvalue weighted by Gasteiger charge is -2.36. The third-order valence-electron chi connectivity index (χ3n) is 4.79. The number of piperazine rings is 1. The van der Waals surface area contributed by atoms with Crippen molar-refractivity contribution < 1.29 is 9.53 Å². The van der Waals surface area contributed by atoms with Gasteiger partial charge in [0.25, 0.3) is 5.91 Å². The highest BCUT2D eigenvalue weighted by Gasteiger charge is 2.20. The van der Waals surface area contributed by atoms with E-state index in [4.69, 9.17) is 16.3 Å². The Morgan fingerprint density at radius 1 is 1.19 bits per heavy atom. The summed E-state index contributed by atoms with van der Waals surface area (Å²) in [5.74, 6) is 0.418. The summed E-state index contributed by atoms with van der Waals surface area (Å²) in [6.45, 7) is 7.09. The first kappa shape index (κ1) is 20.0. The number of hydrogen-bond donors (Lipinski definition) is 1. The first-order chi connectivity index (χ1) is 13.0. The summed E-state index contributed by atoms with van der Waals surface area (Å²) in [6, 6.07) is 11.0. The van der Waals surface area contributed by atoms with Crippen LogP contribution in [0.5, 0.6) is 5.75 Å². The van der Waals surface area contributed by atoms with Crippen LogP contribution in [0.4, 0.5) is 11.4 Å². The molecule has 0 atom stereocenters. The largest absolute Gasteiger partial charge is 0.497 e. The van der Waals surface area contributed by atoms with E-state index in [1.54, 1.807) is 31.4 Å². The van der Waals surface area contributed by atoms with Crippen LogP contribution in [0.25, 0.3) is 0 Å². The van der Waals surface area contributed by atoms with Crippen LogP contribution in [-0.4, -0.2) is 50.6 Å². The molecule has 0 radical (unpaired) electrons. The number of anilines is 2. The second kappa shape index (κ2) is 8.95. The summed E-state index contributed by atoms with van der Waals surface area (Å²) < 4.78 is 5.94. The fourth-order valence-electron chi connectivity index (χ4n) is 3.18. The zero-order valence-corrected chi connectivity index (χ0v) is 17.8. The maximum Gasteiger partial charge on any atom is 0.257 e. The van der Waals surface area contributed by atoms with Crippen molar-refractivity contribution in [2.45, 2.75) is 6.92 Å². The molecule has 27 heavy (non-hydrogen) atoms. The van der Waals surface area contributed by atoms with E-state index in [1.165, 1.54) is 0 Å². The molecule has 2 aromatic rings. The molecular formula is C20H23BrClN3O2. The average Bonchev–Trinajstić information content (AvgIpc) is 2.68. The zero-order valence-electron chi connectivity index (χ0n) is 15.5. The van der Waals surface area contributed by atoms with E-state index >= 15 is 0 Å². The van der Waals surface area contributed by atoms with Crippen LogP contribution in [0.2, 0.25) is 5.02 Å². The predicted molar refractivity (Wildman–Crippen MR) is 114 cm³/mol. The number of ether oxygens (including phenoxy) is 1. The molecule has 1 heterocycles. The van der Waals surface area contributed by atoms with Crippen LogP contribution in [0.1, 0.15) is 17.3 Å². The molecule has 1 aliphatic rings. The van der Waals surface area contributed by atoms with Crippen molar-refractivity contribution in [3.05, 3.63) is 51.5 Å².